The zero-order valence-corrected chi connectivity index (χ0v) is 17.3. The minimum atomic E-state index is -3.80. The molecule has 0 spiro atoms. The molecule has 0 aliphatic heterocycles. The minimum absolute atomic E-state index is 0.0181. The lowest BCUT2D eigenvalue weighted by Crippen LogP contribution is -2.25. The third-order valence-corrected chi connectivity index (χ3v) is 5.43. The van der Waals surface area contributed by atoms with E-state index in [-0.39, 0.29) is 16.8 Å². The van der Waals surface area contributed by atoms with E-state index in [2.05, 4.69) is 31.8 Å². The molecule has 0 saturated carbocycles. The Balaban J connectivity index is 1.92. The van der Waals surface area contributed by atoms with Crippen LogP contribution in [0.5, 0.6) is 0 Å². The molecule has 1 amide bonds. The molecule has 8 nitrogen and oxygen atoms in total. The van der Waals surface area contributed by atoms with Crippen molar-refractivity contribution in [2.75, 3.05) is 30.2 Å². The zero-order valence-electron chi connectivity index (χ0n) is 16.5. The topological polar surface area (TPSA) is 104 Å². The van der Waals surface area contributed by atoms with Crippen LogP contribution in [0.15, 0.2) is 41.4 Å². The Hall–Kier alpha value is -2.52. The van der Waals surface area contributed by atoms with Crippen LogP contribution in [0.3, 0.4) is 0 Å². The van der Waals surface area contributed by atoms with E-state index >= 15 is 0 Å². The third-order valence-electron chi connectivity index (χ3n) is 4.08. The molecule has 0 saturated heterocycles. The van der Waals surface area contributed by atoms with E-state index < -0.39 is 10.0 Å². The molecule has 2 aromatic rings. The number of aryl methyl sites for hydroxylation is 1. The van der Waals surface area contributed by atoms with Gasteiger partial charge in [-0.1, -0.05) is 13.3 Å². The number of nitrogens with one attached hydrogen (secondary N) is 2. The Bertz CT molecular complexity index is 885. The van der Waals surface area contributed by atoms with Gasteiger partial charge in [0.1, 0.15) is 0 Å². The highest BCUT2D eigenvalue weighted by Crippen LogP contribution is 2.16. The van der Waals surface area contributed by atoms with Gasteiger partial charge in [-0.25, -0.2) is 23.1 Å². The number of carbonyl (C=O) groups excluding carboxylic acids is 1. The van der Waals surface area contributed by atoms with E-state index in [1.807, 2.05) is 7.05 Å². The van der Waals surface area contributed by atoms with Crippen LogP contribution in [0.2, 0.25) is 0 Å². The molecule has 0 aliphatic carbocycles. The first-order valence-corrected chi connectivity index (χ1v) is 10.7. The van der Waals surface area contributed by atoms with Gasteiger partial charge in [-0.05, 0) is 57.3 Å². The van der Waals surface area contributed by atoms with Crippen LogP contribution in [0.4, 0.5) is 11.6 Å². The number of anilines is 2. The molecular weight excluding hydrogens is 378 g/mol. The van der Waals surface area contributed by atoms with Crippen LogP contribution >= 0.6 is 0 Å². The highest BCUT2D eigenvalue weighted by Gasteiger charge is 2.16. The Kier molecular flexibility index (Phi) is 7.89. The minimum Gasteiger partial charge on any atom is -0.326 e. The summed E-state index contributed by atoms with van der Waals surface area (Å²) in [6.07, 6.45) is 4.09. The number of hydrogen-bond donors (Lipinski definition) is 2. The maximum atomic E-state index is 12.4. The van der Waals surface area contributed by atoms with Crippen LogP contribution in [0, 0.1) is 6.92 Å². The summed E-state index contributed by atoms with van der Waals surface area (Å²) in [5.41, 5.74) is 1.21. The fourth-order valence-electron chi connectivity index (χ4n) is 2.45. The van der Waals surface area contributed by atoms with Gasteiger partial charge >= 0.3 is 0 Å². The maximum absolute atomic E-state index is 12.4. The number of benzene rings is 1. The van der Waals surface area contributed by atoms with Gasteiger partial charge in [0.2, 0.25) is 11.9 Å². The molecule has 2 N–H and O–H groups in total. The molecular formula is C19H27N5O3S. The average Bonchev–Trinajstić information content (AvgIpc) is 2.65. The van der Waals surface area contributed by atoms with E-state index in [4.69, 9.17) is 0 Å². The largest absolute Gasteiger partial charge is 0.326 e. The molecule has 0 radical (unpaired) electrons. The molecule has 0 aliphatic rings. The van der Waals surface area contributed by atoms with Crippen LogP contribution in [-0.2, 0) is 14.8 Å². The van der Waals surface area contributed by atoms with E-state index in [9.17, 15) is 13.2 Å². The van der Waals surface area contributed by atoms with E-state index in [0.29, 0.717) is 24.3 Å². The second-order valence-corrected chi connectivity index (χ2v) is 8.29. The van der Waals surface area contributed by atoms with Crippen molar-refractivity contribution in [1.29, 1.82) is 0 Å². The summed E-state index contributed by atoms with van der Waals surface area (Å²) in [5, 5.41) is 2.78. The summed E-state index contributed by atoms with van der Waals surface area (Å²) < 4.78 is 27.2. The van der Waals surface area contributed by atoms with Crippen molar-refractivity contribution in [2.24, 2.45) is 0 Å². The van der Waals surface area contributed by atoms with Gasteiger partial charge in [0, 0.05) is 30.5 Å². The van der Waals surface area contributed by atoms with Crippen LogP contribution in [-0.4, -0.2) is 49.3 Å². The summed E-state index contributed by atoms with van der Waals surface area (Å²) in [5.74, 6) is -0.0881. The van der Waals surface area contributed by atoms with Gasteiger partial charge in [0.25, 0.3) is 10.0 Å². The number of carbonyl (C=O) groups is 1. The van der Waals surface area contributed by atoms with E-state index in [0.717, 1.165) is 19.4 Å². The van der Waals surface area contributed by atoms with Crippen molar-refractivity contribution in [3.63, 3.8) is 0 Å². The number of amides is 1. The number of unbranched alkanes of at least 4 members (excludes halogenated alkanes) is 1. The Morgan fingerprint density at radius 3 is 2.50 bits per heavy atom. The molecule has 152 valence electrons. The lowest BCUT2D eigenvalue weighted by Gasteiger charge is -2.15. The Morgan fingerprint density at radius 2 is 1.86 bits per heavy atom. The number of hydrogen-bond acceptors (Lipinski definition) is 6. The predicted molar refractivity (Wildman–Crippen MR) is 110 cm³/mol. The molecule has 0 bridgehead atoms. The first-order chi connectivity index (χ1) is 13.3. The standard InChI is InChI=1S/C19H27N5O3S/c1-4-5-13-24(3)14-11-18(25)22-16-6-8-17(9-7-16)28(26,27)23-19-20-12-10-15(2)21-19/h6-10,12H,4-5,11,13-14H2,1-3H3,(H,22,25)(H,20,21,23). The number of aromatic nitrogens is 2. The van der Waals surface area contributed by atoms with E-state index in [1.54, 1.807) is 25.1 Å². The van der Waals surface area contributed by atoms with Gasteiger partial charge in [-0.2, -0.15) is 0 Å². The lowest BCUT2D eigenvalue weighted by molar-refractivity contribution is -0.116. The summed E-state index contributed by atoms with van der Waals surface area (Å²) >= 11 is 0. The molecule has 0 unspecified atom stereocenters. The van der Waals surface area contributed by atoms with Gasteiger partial charge in [-0.15, -0.1) is 0 Å². The summed E-state index contributed by atoms with van der Waals surface area (Å²) in [6, 6.07) is 7.66. The Labute approximate surface area is 166 Å². The second kappa shape index (κ2) is 10.1. The molecule has 0 atom stereocenters. The van der Waals surface area contributed by atoms with Crippen molar-refractivity contribution in [2.45, 2.75) is 38.0 Å². The quantitative estimate of drug-likeness (QED) is 0.630. The smallest absolute Gasteiger partial charge is 0.264 e. The van der Waals surface area contributed by atoms with Crippen LogP contribution in [0.25, 0.3) is 0 Å². The number of nitrogens with zero attached hydrogens (tertiary/aromatic N) is 3. The molecule has 1 heterocycles. The van der Waals surface area contributed by atoms with Gasteiger partial charge in [-0.3, -0.25) is 4.79 Å². The summed E-state index contributed by atoms with van der Waals surface area (Å²) in [7, 11) is -1.81. The summed E-state index contributed by atoms with van der Waals surface area (Å²) in [6.45, 7) is 5.53. The zero-order chi connectivity index (χ0) is 20.6. The first-order valence-electron chi connectivity index (χ1n) is 9.21. The average molecular weight is 406 g/mol. The van der Waals surface area contributed by atoms with Crippen molar-refractivity contribution in [1.82, 2.24) is 14.9 Å². The Morgan fingerprint density at radius 1 is 1.14 bits per heavy atom. The third kappa shape index (κ3) is 6.90. The number of sulfonamides is 1. The summed E-state index contributed by atoms with van der Waals surface area (Å²) in [4.78, 5) is 22.2. The van der Waals surface area contributed by atoms with Crippen molar-refractivity contribution in [3.8, 4) is 0 Å². The van der Waals surface area contributed by atoms with E-state index in [1.165, 1.54) is 18.3 Å². The SMILES string of the molecule is CCCCN(C)CCC(=O)Nc1ccc(S(=O)(=O)Nc2nccc(C)n2)cc1. The predicted octanol–water partition coefficient (Wildman–Crippen LogP) is 2.65. The van der Waals surface area contributed by atoms with Crippen molar-refractivity contribution >= 4 is 27.6 Å². The van der Waals surface area contributed by atoms with Gasteiger partial charge in [0.05, 0.1) is 4.90 Å². The van der Waals surface area contributed by atoms with Gasteiger partial charge < -0.3 is 10.2 Å². The van der Waals surface area contributed by atoms with Crippen LogP contribution in [0.1, 0.15) is 31.9 Å². The monoisotopic (exact) mass is 405 g/mol. The van der Waals surface area contributed by atoms with Crippen LogP contribution < -0.4 is 10.0 Å². The lowest BCUT2D eigenvalue weighted by atomic mass is 10.3. The molecule has 28 heavy (non-hydrogen) atoms. The molecule has 1 aromatic heterocycles. The normalized spacial score (nSPS) is 11.4. The van der Waals surface area contributed by atoms with Crippen molar-refractivity contribution in [3.05, 3.63) is 42.2 Å². The molecule has 0 fully saturated rings. The fraction of sp³-hybridized carbons (Fsp3) is 0.421. The highest BCUT2D eigenvalue weighted by molar-refractivity contribution is 7.92. The molecule has 2 rings (SSSR count). The van der Waals surface area contributed by atoms with Gasteiger partial charge in [0.15, 0.2) is 0 Å². The number of rotatable bonds is 10. The first kappa shape index (κ1) is 21.8. The molecule has 9 heteroatoms. The maximum Gasteiger partial charge on any atom is 0.264 e. The highest BCUT2D eigenvalue weighted by atomic mass is 32.2. The fourth-order valence-corrected chi connectivity index (χ4v) is 3.40. The molecule has 1 aromatic carbocycles. The van der Waals surface area contributed by atoms with Crippen molar-refractivity contribution < 1.29 is 13.2 Å². The second-order valence-electron chi connectivity index (χ2n) is 6.61.